The number of hydrogen-bond donors (Lipinski definition) is 1. The van der Waals surface area contributed by atoms with Crippen LogP contribution < -0.4 is 5.73 Å². The van der Waals surface area contributed by atoms with Gasteiger partial charge in [0, 0.05) is 11.6 Å². The van der Waals surface area contributed by atoms with Crippen LogP contribution in [0, 0.1) is 10.5 Å². The van der Waals surface area contributed by atoms with Gasteiger partial charge in [0.25, 0.3) is 0 Å². The highest BCUT2D eigenvalue weighted by molar-refractivity contribution is 14.1. The number of nitrogen functional groups attached to an aromatic ring is 1. The number of pyridine rings is 1. The molecule has 2 aromatic heterocycles. The zero-order valence-corrected chi connectivity index (χ0v) is 13.2. The topological polar surface area (TPSA) is 56.7 Å². The summed E-state index contributed by atoms with van der Waals surface area (Å²) in [6.07, 6.45) is 1.77. The number of anilines is 1. The highest BCUT2D eigenvalue weighted by atomic mass is 127. The quantitative estimate of drug-likeness (QED) is 0.799. The van der Waals surface area contributed by atoms with E-state index < -0.39 is 0 Å². The van der Waals surface area contributed by atoms with E-state index in [1.54, 1.807) is 10.9 Å². The molecule has 2 heterocycles. The first-order chi connectivity index (χ1) is 8.30. The molecule has 0 radical (unpaired) electrons. The predicted octanol–water partition coefficient (Wildman–Crippen LogP) is 3.06. The van der Waals surface area contributed by atoms with Crippen molar-refractivity contribution in [2.45, 2.75) is 33.1 Å². The molecule has 5 heteroatoms. The summed E-state index contributed by atoms with van der Waals surface area (Å²) in [6.45, 7) is 8.42. The Morgan fingerprint density at radius 2 is 2.00 bits per heavy atom. The Kier molecular flexibility index (Phi) is 3.35. The van der Waals surface area contributed by atoms with Gasteiger partial charge in [-0.1, -0.05) is 20.8 Å². The van der Waals surface area contributed by atoms with E-state index in [4.69, 9.17) is 5.73 Å². The maximum atomic E-state index is 6.14. The highest BCUT2D eigenvalue weighted by Gasteiger charge is 2.25. The van der Waals surface area contributed by atoms with Crippen molar-refractivity contribution < 1.29 is 0 Å². The second kappa shape index (κ2) is 4.53. The molecule has 2 aromatic rings. The standard InChI is InChI=1S/C13H17IN4/c1-8-5-6-16-9(7-8)18-12(15)10(14)11(17-18)13(2,3)4/h5-7H,15H2,1-4H3. The Labute approximate surface area is 121 Å². The molecule has 4 nitrogen and oxygen atoms in total. The Balaban J connectivity index is 2.60. The highest BCUT2D eigenvalue weighted by Crippen LogP contribution is 2.30. The molecule has 0 bridgehead atoms. The van der Waals surface area contributed by atoms with Gasteiger partial charge in [0.15, 0.2) is 5.82 Å². The largest absolute Gasteiger partial charge is 0.383 e. The van der Waals surface area contributed by atoms with Gasteiger partial charge < -0.3 is 5.73 Å². The van der Waals surface area contributed by atoms with E-state index >= 15 is 0 Å². The summed E-state index contributed by atoms with van der Waals surface area (Å²) in [4.78, 5) is 4.32. The van der Waals surface area contributed by atoms with Crippen LogP contribution >= 0.6 is 22.6 Å². The molecule has 0 saturated carbocycles. The molecule has 0 saturated heterocycles. The molecule has 0 aromatic carbocycles. The minimum atomic E-state index is -0.0281. The molecule has 0 atom stereocenters. The lowest BCUT2D eigenvalue weighted by atomic mass is 9.92. The minimum Gasteiger partial charge on any atom is -0.383 e. The van der Waals surface area contributed by atoms with E-state index in [-0.39, 0.29) is 5.41 Å². The predicted molar refractivity (Wildman–Crippen MR) is 81.9 cm³/mol. The Morgan fingerprint density at radius 3 is 2.50 bits per heavy atom. The fourth-order valence-electron chi connectivity index (χ4n) is 1.70. The van der Waals surface area contributed by atoms with Gasteiger partial charge in [-0.25, -0.2) is 4.98 Å². The fourth-order valence-corrected chi connectivity index (χ4v) is 2.85. The zero-order valence-electron chi connectivity index (χ0n) is 11.0. The second-order valence-corrected chi connectivity index (χ2v) is 6.48. The molecule has 18 heavy (non-hydrogen) atoms. The molecule has 0 aliphatic rings. The van der Waals surface area contributed by atoms with Crippen molar-refractivity contribution in [2.24, 2.45) is 0 Å². The maximum Gasteiger partial charge on any atom is 0.155 e. The molecule has 96 valence electrons. The van der Waals surface area contributed by atoms with Crippen LogP contribution in [0.3, 0.4) is 0 Å². The summed E-state index contributed by atoms with van der Waals surface area (Å²) in [5.74, 6) is 1.42. The zero-order chi connectivity index (χ0) is 13.5. The number of hydrogen-bond acceptors (Lipinski definition) is 3. The van der Waals surface area contributed by atoms with Gasteiger partial charge in [-0.2, -0.15) is 9.78 Å². The van der Waals surface area contributed by atoms with Gasteiger partial charge >= 0.3 is 0 Å². The number of halogens is 1. The summed E-state index contributed by atoms with van der Waals surface area (Å²) in [5.41, 5.74) is 8.25. The molecule has 0 fully saturated rings. The van der Waals surface area contributed by atoms with Crippen molar-refractivity contribution in [3.05, 3.63) is 33.2 Å². The number of aromatic nitrogens is 3. The number of nitrogens with two attached hydrogens (primary N) is 1. The lowest BCUT2D eigenvalue weighted by Gasteiger charge is -2.15. The van der Waals surface area contributed by atoms with Gasteiger partial charge in [-0.15, -0.1) is 0 Å². The summed E-state index contributed by atoms with van der Waals surface area (Å²) < 4.78 is 2.72. The lowest BCUT2D eigenvalue weighted by molar-refractivity contribution is 0.557. The van der Waals surface area contributed by atoms with Crippen LogP contribution in [-0.4, -0.2) is 14.8 Å². The van der Waals surface area contributed by atoms with E-state index in [0.29, 0.717) is 5.82 Å². The van der Waals surface area contributed by atoms with E-state index in [2.05, 4.69) is 53.4 Å². The second-order valence-electron chi connectivity index (χ2n) is 5.40. The van der Waals surface area contributed by atoms with Gasteiger partial charge in [-0.3, -0.25) is 0 Å². The average molecular weight is 356 g/mol. The smallest absolute Gasteiger partial charge is 0.155 e. The van der Waals surface area contributed by atoms with Crippen molar-refractivity contribution in [3.63, 3.8) is 0 Å². The van der Waals surface area contributed by atoms with Gasteiger partial charge in [0.1, 0.15) is 5.82 Å². The molecule has 2 rings (SSSR count). The SMILES string of the molecule is Cc1ccnc(-n2nc(C(C)(C)C)c(I)c2N)c1. The summed E-state index contributed by atoms with van der Waals surface area (Å²) >= 11 is 2.25. The van der Waals surface area contributed by atoms with Crippen LogP contribution in [0.25, 0.3) is 5.82 Å². The third-order valence-corrected chi connectivity index (χ3v) is 3.75. The third-order valence-electron chi connectivity index (χ3n) is 2.69. The average Bonchev–Trinajstić information content (AvgIpc) is 2.55. The van der Waals surface area contributed by atoms with Crippen LogP contribution in [0.5, 0.6) is 0 Å². The molecule has 0 spiro atoms. The monoisotopic (exact) mass is 356 g/mol. The Hall–Kier alpha value is -1.11. The number of nitrogens with zero attached hydrogens (tertiary/aromatic N) is 3. The first-order valence-corrected chi connectivity index (χ1v) is 6.86. The van der Waals surface area contributed by atoms with Crippen LogP contribution in [0.2, 0.25) is 0 Å². The lowest BCUT2D eigenvalue weighted by Crippen LogP contribution is -2.14. The Morgan fingerprint density at radius 1 is 1.33 bits per heavy atom. The van der Waals surface area contributed by atoms with Gasteiger partial charge in [0.05, 0.1) is 9.26 Å². The van der Waals surface area contributed by atoms with Crippen molar-refractivity contribution in [1.82, 2.24) is 14.8 Å². The van der Waals surface area contributed by atoms with Crippen LogP contribution in [0.1, 0.15) is 32.0 Å². The van der Waals surface area contributed by atoms with Crippen molar-refractivity contribution >= 4 is 28.4 Å². The molecular weight excluding hydrogens is 339 g/mol. The third kappa shape index (κ3) is 2.36. The van der Waals surface area contributed by atoms with Crippen molar-refractivity contribution in [1.29, 1.82) is 0 Å². The molecule has 0 aliphatic carbocycles. The van der Waals surface area contributed by atoms with Crippen molar-refractivity contribution in [2.75, 3.05) is 5.73 Å². The molecule has 0 aliphatic heterocycles. The first-order valence-electron chi connectivity index (χ1n) is 5.78. The number of aryl methyl sites for hydroxylation is 1. The first kappa shape index (κ1) is 13.3. The van der Waals surface area contributed by atoms with Crippen LogP contribution in [-0.2, 0) is 5.41 Å². The number of rotatable bonds is 1. The maximum absolute atomic E-state index is 6.14. The summed E-state index contributed by atoms with van der Waals surface area (Å²) in [6, 6.07) is 3.94. The molecular formula is C13H17IN4. The minimum absolute atomic E-state index is 0.0281. The van der Waals surface area contributed by atoms with Gasteiger partial charge in [0.2, 0.25) is 0 Å². The normalized spacial score (nSPS) is 11.8. The van der Waals surface area contributed by atoms with E-state index in [1.165, 1.54) is 0 Å². The molecule has 0 unspecified atom stereocenters. The van der Waals surface area contributed by atoms with E-state index in [1.807, 2.05) is 19.1 Å². The van der Waals surface area contributed by atoms with Crippen LogP contribution in [0.15, 0.2) is 18.3 Å². The van der Waals surface area contributed by atoms with E-state index in [0.717, 1.165) is 20.6 Å². The van der Waals surface area contributed by atoms with E-state index in [9.17, 15) is 0 Å². The molecule has 0 amide bonds. The summed E-state index contributed by atoms with van der Waals surface area (Å²) in [7, 11) is 0. The summed E-state index contributed by atoms with van der Waals surface area (Å²) in [5, 5.41) is 4.61. The fraction of sp³-hybridized carbons (Fsp3) is 0.385. The van der Waals surface area contributed by atoms with Gasteiger partial charge in [-0.05, 0) is 47.2 Å². The Bertz CT molecular complexity index is 581. The van der Waals surface area contributed by atoms with Crippen LogP contribution in [0.4, 0.5) is 5.82 Å². The van der Waals surface area contributed by atoms with Crippen molar-refractivity contribution in [3.8, 4) is 5.82 Å². The molecule has 2 N–H and O–H groups in total.